The van der Waals surface area contributed by atoms with E-state index in [1.807, 2.05) is 0 Å². The Kier molecular flexibility index (Phi) is 3.26. The van der Waals surface area contributed by atoms with E-state index in [1.165, 1.54) is 18.4 Å². The van der Waals surface area contributed by atoms with E-state index in [-0.39, 0.29) is 5.95 Å². The standard InChI is InChI=1S/C15H19N5/c1-10-5-6-11(2)12(9-10)13-17-14(16)19-15(18-13)20-7-3-4-8-20/h5-6,9H,3-4,7-8H2,1-2H3,(H2,16,17,18,19). The monoisotopic (exact) mass is 269 g/mol. The average molecular weight is 269 g/mol. The molecule has 1 aromatic heterocycles. The number of nitrogens with zero attached hydrogens (tertiary/aromatic N) is 4. The number of hydrogen-bond donors (Lipinski definition) is 1. The van der Waals surface area contributed by atoms with Crippen molar-refractivity contribution in [2.75, 3.05) is 23.7 Å². The molecule has 0 radical (unpaired) electrons. The number of nitrogens with two attached hydrogens (primary N) is 1. The smallest absolute Gasteiger partial charge is 0.230 e. The molecule has 20 heavy (non-hydrogen) atoms. The third-order valence-electron chi connectivity index (χ3n) is 3.66. The van der Waals surface area contributed by atoms with Crippen molar-refractivity contribution in [1.82, 2.24) is 15.0 Å². The molecule has 2 N–H and O–H groups in total. The van der Waals surface area contributed by atoms with Gasteiger partial charge in [-0.15, -0.1) is 0 Å². The lowest BCUT2D eigenvalue weighted by Gasteiger charge is -2.16. The van der Waals surface area contributed by atoms with Crippen molar-refractivity contribution in [3.63, 3.8) is 0 Å². The molecule has 0 saturated carbocycles. The average Bonchev–Trinajstić information content (AvgIpc) is 2.95. The number of benzene rings is 1. The Morgan fingerprint density at radius 2 is 1.80 bits per heavy atom. The summed E-state index contributed by atoms with van der Waals surface area (Å²) in [5.41, 5.74) is 9.23. The minimum absolute atomic E-state index is 0.290. The summed E-state index contributed by atoms with van der Waals surface area (Å²) in [6.45, 7) is 6.12. The normalized spacial score (nSPS) is 14.8. The van der Waals surface area contributed by atoms with Crippen LogP contribution in [-0.2, 0) is 0 Å². The van der Waals surface area contributed by atoms with Gasteiger partial charge in [0.05, 0.1) is 0 Å². The lowest BCUT2D eigenvalue weighted by molar-refractivity contribution is 0.887. The third-order valence-corrected chi connectivity index (χ3v) is 3.66. The van der Waals surface area contributed by atoms with Crippen LogP contribution in [0.3, 0.4) is 0 Å². The van der Waals surface area contributed by atoms with E-state index in [2.05, 4.69) is 51.9 Å². The molecule has 0 bridgehead atoms. The van der Waals surface area contributed by atoms with Gasteiger partial charge in [-0.1, -0.05) is 17.7 Å². The minimum Gasteiger partial charge on any atom is -0.368 e. The molecule has 2 aromatic rings. The minimum atomic E-state index is 0.290. The van der Waals surface area contributed by atoms with Crippen LogP contribution in [-0.4, -0.2) is 28.0 Å². The Balaban J connectivity index is 2.06. The molecule has 0 spiro atoms. The molecule has 1 aliphatic rings. The van der Waals surface area contributed by atoms with Crippen LogP contribution in [0.4, 0.5) is 11.9 Å². The highest BCUT2D eigenvalue weighted by molar-refractivity contribution is 5.63. The first kappa shape index (κ1) is 12.8. The molecule has 0 atom stereocenters. The maximum absolute atomic E-state index is 5.86. The van der Waals surface area contributed by atoms with Gasteiger partial charge in [0, 0.05) is 18.7 Å². The maximum atomic E-state index is 5.86. The van der Waals surface area contributed by atoms with Gasteiger partial charge in [0.15, 0.2) is 5.82 Å². The van der Waals surface area contributed by atoms with Gasteiger partial charge in [0.25, 0.3) is 0 Å². The number of aromatic nitrogens is 3. The fourth-order valence-electron chi connectivity index (χ4n) is 2.54. The van der Waals surface area contributed by atoms with Crippen LogP contribution in [0.5, 0.6) is 0 Å². The van der Waals surface area contributed by atoms with Crippen LogP contribution in [0.2, 0.25) is 0 Å². The van der Waals surface area contributed by atoms with Crippen LogP contribution in [0.15, 0.2) is 18.2 Å². The first-order valence-electron chi connectivity index (χ1n) is 6.97. The number of hydrogen-bond acceptors (Lipinski definition) is 5. The summed E-state index contributed by atoms with van der Waals surface area (Å²) in [6, 6.07) is 6.27. The molecule has 1 saturated heterocycles. The number of nitrogen functional groups attached to an aromatic ring is 1. The Morgan fingerprint density at radius 3 is 2.55 bits per heavy atom. The molecule has 0 unspecified atom stereocenters. The fraction of sp³-hybridized carbons (Fsp3) is 0.400. The van der Waals surface area contributed by atoms with E-state index >= 15 is 0 Å². The zero-order valence-corrected chi connectivity index (χ0v) is 11.9. The summed E-state index contributed by atoms with van der Waals surface area (Å²) in [4.78, 5) is 15.4. The predicted octanol–water partition coefficient (Wildman–Crippen LogP) is 2.34. The molecule has 104 valence electrons. The summed E-state index contributed by atoms with van der Waals surface area (Å²) < 4.78 is 0. The van der Waals surface area contributed by atoms with Gasteiger partial charge in [0.2, 0.25) is 11.9 Å². The van der Waals surface area contributed by atoms with Gasteiger partial charge in [0.1, 0.15) is 0 Å². The molecule has 0 amide bonds. The second-order valence-corrected chi connectivity index (χ2v) is 5.33. The number of rotatable bonds is 2. The Labute approximate surface area is 118 Å². The highest BCUT2D eigenvalue weighted by Crippen LogP contribution is 2.24. The van der Waals surface area contributed by atoms with E-state index in [4.69, 9.17) is 5.73 Å². The lowest BCUT2D eigenvalue weighted by Crippen LogP contribution is -2.21. The molecule has 1 fully saturated rings. The molecule has 3 rings (SSSR count). The van der Waals surface area contributed by atoms with E-state index in [0.29, 0.717) is 11.8 Å². The first-order chi connectivity index (χ1) is 9.63. The Bertz CT molecular complexity index is 632. The summed E-state index contributed by atoms with van der Waals surface area (Å²) in [7, 11) is 0. The largest absolute Gasteiger partial charge is 0.368 e. The van der Waals surface area contributed by atoms with Crippen LogP contribution in [0, 0.1) is 13.8 Å². The van der Waals surface area contributed by atoms with E-state index in [9.17, 15) is 0 Å². The molecule has 0 aliphatic carbocycles. The van der Waals surface area contributed by atoms with Crippen molar-refractivity contribution >= 4 is 11.9 Å². The van der Waals surface area contributed by atoms with Gasteiger partial charge in [-0.05, 0) is 38.3 Å². The van der Waals surface area contributed by atoms with Crippen LogP contribution in [0.1, 0.15) is 24.0 Å². The van der Waals surface area contributed by atoms with Gasteiger partial charge in [-0.2, -0.15) is 15.0 Å². The summed E-state index contributed by atoms with van der Waals surface area (Å²) >= 11 is 0. The highest BCUT2D eigenvalue weighted by Gasteiger charge is 2.17. The molecule has 1 aromatic carbocycles. The third kappa shape index (κ3) is 2.43. The van der Waals surface area contributed by atoms with Gasteiger partial charge in [-0.25, -0.2) is 0 Å². The Hall–Kier alpha value is -2.17. The van der Waals surface area contributed by atoms with E-state index < -0.39 is 0 Å². The fourth-order valence-corrected chi connectivity index (χ4v) is 2.54. The van der Waals surface area contributed by atoms with Crippen molar-refractivity contribution in [2.24, 2.45) is 0 Å². The molecular weight excluding hydrogens is 250 g/mol. The van der Waals surface area contributed by atoms with Crippen molar-refractivity contribution in [2.45, 2.75) is 26.7 Å². The quantitative estimate of drug-likeness (QED) is 0.906. The lowest BCUT2D eigenvalue weighted by atomic mass is 10.1. The van der Waals surface area contributed by atoms with Gasteiger partial charge >= 0.3 is 0 Å². The molecule has 1 aliphatic heterocycles. The maximum Gasteiger partial charge on any atom is 0.230 e. The topological polar surface area (TPSA) is 67.9 Å². The molecule has 2 heterocycles. The van der Waals surface area contributed by atoms with Crippen molar-refractivity contribution in [3.05, 3.63) is 29.3 Å². The van der Waals surface area contributed by atoms with Crippen molar-refractivity contribution in [1.29, 1.82) is 0 Å². The van der Waals surface area contributed by atoms with Crippen LogP contribution < -0.4 is 10.6 Å². The number of anilines is 2. The summed E-state index contributed by atoms with van der Waals surface area (Å²) in [5, 5.41) is 0. The van der Waals surface area contributed by atoms with E-state index in [1.54, 1.807) is 0 Å². The zero-order chi connectivity index (χ0) is 14.1. The SMILES string of the molecule is Cc1ccc(C)c(-c2nc(N)nc(N3CCCC3)n2)c1. The summed E-state index contributed by atoms with van der Waals surface area (Å²) in [6.07, 6.45) is 2.37. The Morgan fingerprint density at radius 1 is 1.05 bits per heavy atom. The second-order valence-electron chi connectivity index (χ2n) is 5.33. The highest BCUT2D eigenvalue weighted by atomic mass is 15.3. The zero-order valence-electron chi connectivity index (χ0n) is 11.9. The van der Waals surface area contributed by atoms with Crippen LogP contribution >= 0.6 is 0 Å². The van der Waals surface area contributed by atoms with Crippen molar-refractivity contribution in [3.8, 4) is 11.4 Å². The first-order valence-corrected chi connectivity index (χ1v) is 6.97. The molecule has 5 heteroatoms. The molecular formula is C15H19N5. The predicted molar refractivity (Wildman–Crippen MR) is 80.6 cm³/mol. The van der Waals surface area contributed by atoms with E-state index in [0.717, 1.165) is 24.2 Å². The van der Waals surface area contributed by atoms with Crippen LogP contribution in [0.25, 0.3) is 11.4 Å². The van der Waals surface area contributed by atoms with Gasteiger partial charge in [-0.3, -0.25) is 0 Å². The summed E-state index contributed by atoms with van der Waals surface area (Å²) in [5.74, 6) is 1.66. The second kappa shape index (κ2) is 5.07. The molecule has 5 nitrogen and oxygen atoms in total. The number of aryl methyl sites for hydroxylation is 2. The van der Waals surface area contributed by atoms with Crippen molar-refractivity contribution < 1.29 is 0 Å². The van der Waals surface area contributed by atoms with Gasteiger partial charge < -0.3 is 10.6 Å².